The summed E-state index contributed by atoms with van der Waals surface area (Å²) in [6.45, 7) is 2.88. The number of alkyl halides is 3. The third-order valence-electron chi connectivity index (χ3n) is 4.89. The topological polar surface area (TPSA) is 66.9 Å². The smallest absolute Gasteiger partial charge is 0.416 e. The van der Waals surface area contributed by atoms with E-state index in [0.717, 1.165) is 33.1 Å². The molecular formula is C21H23F3N2O4S2. The summed E-state index contributed by atoms with van der Waals surface area (Å²) in [7, 11) is -4.08. The number of ether oxygens (including phenoxy) is 1. The molecule has 0 atom stereocenters. The Morgan fingerprint density at radius 3 is 2.31 bits per heavy atom. The van der Waals surface area contributed by atoms with Gasteiger partial charge in [0.25, 0.3) is 0 Å². The predicted octanol–water partition coefficient (Wildman–Crippen LogP) is 3.73. The van der Waals surface area contributed by atoms with E-state index in [4.69, 9.17) is 4.74 Å². The molecule has 174 valence electrons. The maximum Gasteiger partial charge on any atom is 0.416 e. The van der Waals surface area contributed by atoms with Crippen molar-refractivity contribution >= 4 is 27.7 Å². The van der Waals surface area contributed by atoms with Gasteiger partial charge >= 0.3 is 6.18 Å². The molecule has 0 spiro atoms. The Hall–Kier alpha value is -2.24. The van der Waals surface area contributed by atoms with Crippen molar-refractivity contribution in [1.82, 2.24) is 9.21 Å². The molecule has 11 heteroatoms. The van der Waals surface area contributed by atoms with Gasteiger partial charge in [-0.15, -0.1) is 11.8 Å². The molecule has 6 nitrogen and oxygen atoms in total. The molecule has 2 aromatic carbocycles. The van der Waals surface area contributed by atoms with E-state index in [1.165, 1.54) is 11.8 Å². The number of carbonyl (C=O) groups is 1. The third kappa shape index (κ3) is 5.96. The fourth-order valence-corrected chi connectivity index (χ4v) is 5.46. The van der Waals surface area contributed by atoms with Crippen LogP contribution in [0.15, 0.2) is 58.3 Å². The molecule has 0 N–H and O–H groups in total. The van der Waals surface area contributed by atoms with Crippen molar-refractivity contribution in [2.24, 2.45) is 0 Å². The summed E-state index contributed by atoms with van der Waals surface area (Å²) < 4.78 is 70.8. The summed E-state index contributed by atoms with van der Waals surface area (Å²) in [5.41, 5.74) is -1.02. The number of amides is 1. The lowest BCUT2D eigenvalue weighted by Gasteiger charge is -2.34. The number of hydrogen-bond donors (Lipinski definition) is 0. The lowest BCUT2D eigenvalue weighted by Crippen LogP contribution is -2.51. The van der Waals surface area contributed by atoms with Gasteiger partial charge in [-0.05, 0) is 49.4 Å². The van der Waals surface area contributed by atoms with Crippen LogP contribution in [0.1, 0.15) is 12.5 Å². The third-order valence-corrected chi connectivity index (χ3v) is 7.78. The second kappa shape index (κ2) is 10.1. The highest BCUT2D eigenvalue weighted by Crippen LogP contribution is 2.31. The molecule has 3 rings (SSSR count). The fraction of sp³-hybridized carbons (Fsp3) is 0.381. The lowest BCUT2D eigenvalue weighted by molar-refractivity contribution is -0.137. The number of rotatable bonds is 7. The molecule has 1 saturated heterocycles. The number of piperazine rings is 1. The van der Waals surface area contributed by atoms with Crippen LogP contribution in [0.3, 0.4) is 0 Å². The first-order valence-electron chi connectivity index (χ1n) is 9.92. The Bertz CT molecular complexity index is 1040. The molecular weight excluding hydrogens is 465 g/mol. The molecule has 0 saturated carbocycles. The Morgan fingerprint density at radius 2 is 1.72 bits per heavy atom. The van der Waals surface area contributed by atoms with E-state index in [9.17, 15) is 26.4 Å². The van der Waals surface area contributed by atoms with E-state index in [1.54, 1.807) is 4.90 Å². The van der Waals surface area contributed by atoms with Crippen molar-refractivity contribution in [1.29, 1.82) is 0 Å². The predicted molar refractivity (Wildman–Crippen MR) is 115 cm³/mol. The van der Waals surface area contributed by atoms with Gasteiger partial charge in [-0.25, -0.2) is 8.42 Å². The largest absolute Gasteiger partial charge is 0.494 e. The zero-order chi connectivity index (χ0) is 23.4. The van der Waals surface area contributed by atoms with E-state index >= 15 is 0 Å². The summed E-state index contributed by atoms with van der Waals surface area (Å²) >= 11 is 1.37. The second-order valence-corrected chi connectivity index (χ2v) is 9.99. The number of carbonyl (C=O) groups excluding carboxylic acids is 1. The van der Waals surface area contributed by atoms with Crippen LogP contribution in [-0.4, -0.2) is 62.1 Å². The minimum absolute atomic E-state index is 0.0258. The molecule has 0 aromatic heterocycles. The molecule has 1 amide bonds. The second-order valence-electron chi connectivity index (χ2n) is 7.00. The molecule has 2 aromatic rings. The van der Waals surface area contributed by atoms with Gasteiger partial charge in [0.15, 0.2) is 0 Å². The zero-order valence-corrected chi connectivity index (χ0v) is 19.0. The van der Waals surface area contributed by atoms with Crippen LogP contribution in [-0.2, 0) is 21.0 Å². The molecule has 0 unspecified atom stereocenters. The van der Waals surface area contributed by atoms with Gasteiger partial charge in [-0.2, -0.15) is 17.5 Å². The molecule has 1 fully saturated rings. The van der Waals surface area contributed by atoms with E-state index in [0.29, 0.717) is 12.7 Å². The van der Waals surface area contributed by atoms with E-state index in [-0.39, 0.29) is 37.8 Å². The van der Waals surface area contributed by atoms with Crippen LogP contribution in [0.25, 0.3) is 0 Å². The Kier molecular flexibility index (Phi) is 7.73. The number of hydrogen-bond acceptors (Lipinski definition) is 5. The molecule has 32 heavy (non-hydrogen) atoms. The van der Waals surface area contributed by atoms with Gasteiger partial charge in [0.05, 0.1) is 22.8 Å². The van der Waals surface area contributed by atoms with Gasteiger partial charge in [-0.1, -0.05) is 6.07 Å². The lowest BCUT2D eigenvalue weighted by atomic mass is 10.2. The fourth-order valence-electron chi connectivity index (χ4n) is 3.19. The highest BCUT2D eigenvalue weighted by Gasteiger charge is 2.34. The average Bonchev–Trinajstić information content (AvgIpc) is 2.78. The number of benzene rings is 2. The SMILES string of the molecule is CCOc1ccc(SCC(=O)N2CCN(S(=O)(=O)c3cccc(C(F)(F)F)c3)CC2)cc1. The summed E-state index contributed by atoms with van der Waals surface area (Å²) in [5, 5.41) is 0. The average molecular weight is 489 g/mol. The van der Waals surface area contributed by atoms with Crippen molar-refractivity contribution < 1.29 is 31.1 Å². The Labute approximate surface area is 189 Å². The maximum atomic E-state index is 12.9. The Morgan fingerprint density at radius 1 is 1.06 bits per heavy atom. The van der Waals surface area contributed by atoms with Crippen molar-refractivity contribution in [3.8, 4) is 5.75 Å². The highest BCUT2D eigenvalue weighted by molar-refractivity contribution is 8.00. The number of halogens is 3. The summed E-state index contributed by atoms with van der Waals surface area (Å²) in [4.78, 5) is 14.6. The molecule has 1 aliphatic rings. The standard InChI is InChI=1S/C21H23F3N2O4S2/c1-2-30-17-6-8-18(9-7-17)31-15-20(27)25-10-12-26(13-11-25)32(28,29)19-5-3-4-16(14-19)21(22,23)24/h3-9,14H,2,10-13,15H2,1H3. The normalized spacial score (nSPS) is 15.6. The van der Waals surface area contributed by atoms with E-state index < -0.39 is 26.7 Å². The van der Waals surface area contributed by atoms with Crippen molar-refractivity contribution in [2.75, 3.05) is 38.5 Å². The van der Waals surface area contributed by atoms with Crippen LogP contribution in [0.5, 0.6) is 5.75 Å². The summed E-state index contributed by atoms with van der Waals surface area (Å²) in [6, 6.07) is 11.1. The highest BCUT2D eigenvalue weighted by atomic mass is 32.2. The van der Waals surface area contributed by atoms with Gasteiger partial charge in [0.2, 0.25) is 15.9 Å². The Balaban J connectivity index is 1.55. The van der Waals surface area contributed by atoms with Gasteiger partial charge in [0, 0.05) is 31.1 Å². The number of nitrogens with zero attached hydrogens (tertiary/aromatic N) is 2. The zero-order valence-electron chi connectivity index (χ0n) is 17.3. The van der Waals surface area contributed by atoms with Gasteiger partial charge in [-0.3, -0.25) is 4.79 Å². The number of thioether (sulfide) groups is 1. The minimum Gasteiger partial charge on any atom is -0.494 e. The van der Waals surface area contributed by atoms with Gasteiger partial charge in [0.1, 0.15) is 5.75 Å². The van der Waals surface area contributed by atoms with Crippen LogP contribution in [0.2, 0.25) is 0 Å². The van der Waals surface area contributed by atoms with Crippen molar-refractivity contribution in [3.63, 3.8) is 0 Å². The van der Waals surface area contributed by atoms with Crippen LogP contribution in [0.4, 0.5) is 13.2 Å². The minimum atomic E-state index is -4.63. The molecule has 0 radical (unpaired) electrons. The van der Waals surface area contributed by atoms with Crippen molar-refractivity contribution in [2.45, 2.75) is 22.9 Å². The van der Waals surface area contributed by atoms with Crippen LogP contribution in [0, 0.1) is 0 Å². The molecule has 0 aliphatic carbocycles. The van der Waals surface area contributed by atoms with Gasteiger partial charge < -0.3 is 9.64 Å². The first-order valence-corrected chi connectivity index (χ1v) is 12.3. The molecule has 1 aliphatic heterocycles. The maximum absolute atomic E-state index is 12.9. The summed E-state index contributed by atoms with van der Waals surface area (Å²) in [6.07, 6.45) is -4.63. The summed E-state index contributed by atoms with van der Waals surface area (Å²) in [5.74, 6) is 0.829. The number of sulfonamides is 1. The monoisotopic (exact) mass is 488 g/mol. The van der Waals surface area contributed by atoms with Crippen molar-refractivity contribution in [3.05, 3.63) is 54.1 Å². The first kappa shape index (κ1) is 24.4. The van der Waals surface area contributed by atoms with Crippen LogP contribution < -0.4 is 4.74 Å². The molecule has 0 bridgehead atoms. The van der Waals surface area contributed by atoms with Crippen LogP contribution >= 0.6 is 11.8 Å². The quantitative estimate of drug-likeness (QED) is 0.556. The molecule has 1 heterocycles. The first-order chi connectivity index (χ1) is 15.1. The van der Waals surface area contributed by atoms with E-state index in [2.05, 4.69) is 0 Å². The van der Waals surface area contributed by atoms with E-state index in [1.807, 2.05) is 31.2 Å².